The highest BCUT2D eigenvalue weighted by molar-refractivity contribution is 5.75. The molecule has 8 nitrogen and oxygen atoms in total. The van der Waals surface area contributed by atoms with Gasteiger partial charge in [0.2, 0.25) is 0 Å². The van der Waals surface area contributed by atoms with Crippen molar-refractivity contribution < 1.29 is 4.79 Å². The van der Waals surface area contributed by atoms with E-state index in [2.05, 4.69) is 15.3 Å². The van der Waals surface area contributed by atoms with Crippen LogP contribution in [0.25, 0.3) is 11.2 Å². The normalized spacial score (nSPS) is 16.1. The molecule has 25 heavy (non-hydrogen) atoms. The van der Waals surface area contributed by atoms with Crippen molar-refractivity contribution in [2.75, 3.05) is 31.1 Å². The molecule has 2 aromatic heterocycles. The van der Waals surface area contributed by atoms with Gasteiger partial charge in [-0.25, -0.2) is 14.8 Å². The van der Waals surface area contributed by atoms with E-state index in [0.29, 0.717) is 43.2 Å². The van der Waals surface area contributed by atoms with Crippen LogP contribution in [0.15, 0.2) is 23.1 Å². The molecule has 1 N–H and O–H groups in total. The fourth-order valence-electron chi connectivity index (χ4n) is 2.87. The van der Waals surface area contributed by atoms with E-state index >= 15 is 0 Å². The molecule has 1 aliphatic rings. The fourth-order valence-corrected chi connectivity index (χ4v) is 2.87. The third kappa shape index (κ3) is 3.42. The quantitative estimate of drug-likeness (QED) is 0.897. The number of amides is 2. The van der Waals surface area contributed by atoms with Gasteiger partial charge < -0.3 is 15.1 Å². The first-order valence-electron chi connectivity index (χ1n) is 8.63. The number of carbonyl (C=O) groups excluding carboxylic acids is 1. The second-order valence-electron chi connectivity index (χ2n) is 6.38. The number of urea groups is 1. The van der Waals surface area contributed by atoms with E-state index in [1.54, 1.807) is 24.2 Å². The van der Waals surface area contributed by atoms with E-state index in [0.717, 1.165) is 6.42 Å². The molecular formula is C17H24N6O2. The number of pyridine rings is 1. The summed E-state index contributed by atoms with van der Waals surface area (Å²) in [6, 6.07) is 3.77. The number of hydrogen-bond acceptors (Lipinski definition) is 5. The second kappa shape index (κ2) is 7.08. The predicted molar refractivity (Wildman–Crippen MR) is 96.8 cm³/mol. The molecule has 1 aliphatic heterocycles. The van der Waals surface area contributed by atoms with Crippen LogP contribution in [-0.2, 0) is 7.05 Å². The molecule has 2 aromatic rings. The van der Waals surface area contributed by atoms with Gasteiger partial charge >= 0.3 is 6.03 Å². The van der Waals surface area contributed by atoms with E-state index < -0.39 is 0 Å². The molecule has 3 heterocycles. The Morgan fingerprint density at radius 1 is 1.32 bits per heavy atom. The molecule has 0 spiro atoms. The molecule has 0 aliphatic carbocycles. The highest BCUT2D eigenvalue weighted by atomic mass is 16.2. The van der Waals surface area contributed by atoms with E-state index in [1.807, 2.05) is 24.8 Å². The Hall–Kier alpha value is -2.64. The lowest BCUT2D eigenvalue weighted by molar-refractivity contribution is 0.190. The average molecular weight is 344 g/mol. The first-order chi connectivity index (χ1) is 12.0. The largest absolute Gasteiger partial charge is 0.348 e. The van der Waals surface area contributed by atoms with Crippen molar-refractivity contribution >= 4 is 23.0 Å². The Labute approximate surface area is 146 Å². The van der Waals surface area contributed by atoms with Crippen molar-refractivity contribution in [2.45, 2.75) is 26.3 Å². The minimum Gasteiger partial charge on any atom is -0.348 e. The van der Waals surface area contributed by atoms with Crippen LogP contribution >= 0.6 is 0 Å². The fraction of sp³-hybridized carbons (Fsp3) is 0.529. The molecule has 0 bridgehead atoms. The maximum Gasteiger partial charge on any atom is 0.317 e. The van der Waals surface area contributed by atoms with Gasteiger partial charge in [0.05, 0.1) is 0 Å². The first-order valence-corrected chi connectivity index (χ1v) is 8.63. The number of aryl methyl sites for hydroxylation is 1. The first kappa shape index (κ1) is 17.2. The van der Waals surface area contributed by atoms with Crippen molar-refractivity contribution in [3.05, 3.63) is 28.7 Å². The minimum atomic E-state index is -0.163. The zero-order valence-electron chi connectivity index (χ0n) is 14.9. The average Bonchev–Trinajstić information content (AvgIpc) is 2.64. The standard InChI is InChI=1S/C17H24N6O2/c1-4-12(2)19-17(25)23-10-8-22(9-11-23)15-16(24)21(3)14-13(20-15)6-5-7-18-14/h5-7,12H,4,8-11H2,1-3H3,(H,19,25)/t12-/m1/s1. The maximum absolute atomic E-state index is 12.6. The van der Waals surface area contributed by atoms with Crippen LogP contribution in [0.1, 0.15) is 20.3 Å². The van der Waals surface area contributed by atoms with Crippen LogP contribution in [0.3, 0.4) is 0 Å². The topological polar surface area (TPSA) is 83.4 Å². The van der Waals surface area contributed by atoms with Crippen molar-refractivity contribution in [1.29, 1.82) is 0 Å². The number of aromatic nitrogens is 3. The summed E-state index contributed by atoms with van der Waals surface area (Å²) < 4.78 is 1.53. The summed E-state index contributed by atoms with van der Waals surface area (Å²) in [5, 5.41) is 2.98. The lowest BCUT2D eigenvalue weighted by atomic mass is 10.2. The number of carbonyl (C=O) groups is 1. The third-order valence-electron chi connectivity index (χ3n) is 4.65. The van der Waals surface area contributed by atoms with Gasteiger partial charge in [-0.2, -0.15) is 0 Å². The zero-order chi connectivity index (χ0) is 18.0. The van der Waals surface area contributed by atoms with Crippen LogP contribution in [0.4, 0.5) is 10.6 Å². The Bertz CT molecular complexity index is 825. The summed E-state index contributed by atoms with van der Waals surface area (Å²) in [5.74, 6) is 0.421. The van der Waals surface area contributed by atoms with Crippen LogP contribution in [0.2, 0.25) is 0 Å². The molecular weight excluding hydrogens is 320 g/mol. The van der Waals surface area contributed by atoms with Crippen molar-refractivity contribution in [1.82, 2.24) is 24.8 Å². The van der Waals surface area contributed by atoms with Crippen LogP contribution in [0, 0.1) is 0 Å². The number of fused-ring (bicyclic) bond motifs is 1. The van der Waals surface area contributed by atoms with Crippen molar-refractivity contribution in [3.63, 3.8) is 0 Å². The molecule has 3 rings (SSSR count). The summed E-state index contributed by atoms with van der Waals surface area (Å²) in [5.41, 5.74) is 1.10. The van der Waals surface area contributed by atoms with E-state index in [4.69, 9.17) is 0 Å². The second-order valence-corrected chi connectivity index (χ2v) is 6.38. The lowest BCUT2D eigenvalue weighted by Crippen LogP contribution is -2.54. The SMILES string of the molecule is CC[C@@H](C)NC(=O)N1CCN(c2nc3cccnc3n(C)c2=O)CC1. The van der Waals surface area contributed by atoms with Gasteiger partial charge in [-0.15, -0.1) is 0 Å². The van der Waals surface area contributed by atoms with Gasteiger partial charge in [0, 0.05) is 45.5 Å². The Balaban J connectivity index is 1.75. The third-order valence-corrected chi connectivity index (χ3v) is 4.65. The lowest BCUT2D eigenvalue weighted by Gasteiger charge is -2.35. The Kier molecular flexibility index (Phi) is 4.87. The number of anilines is 1. The van der Waals surface area contributed by atoms with Crippen molar-refractivity contribution in [2.24, 2.45) is 7.05 Å². The number of piperazine rings is 1. The number of nitrogens with one attached hydrogen (secondary N) is 1. The molecule has 0 aromatic carbocycles. The van der Waals surface area contributed by atoms with Gasteiger partial charge in [0.25, 0.3) is 5.56 Å². The predicted octanol–water partition coefficient (Wildman–Crippen LogP) is 0.959. The number of nitrogens with zero attached hydrogens (tertiary/aromatic N) is 5. The molecule has 1 atom stereocenters. The smallest absolute Gasteiger partial charge is 0.317 e. The number of rotatable bonds is 3. The van der Waals surface area contributed by atoms with Crippen LogP contribution in [0.5, 0.6) is 0 Å². The molecule has 2 amide bonds. The van der Waals surface area contributed by atoms with E-state index in [-0.39, 0.29) is 17.6 Å². The van der Waals surface area contributed by atoms with Gasteiger partial charge in [-0.05, 0) is 25.5 Å². The summed E-state index contributed by atoms with van der Waals surface area (Å²) >= 11 is 0. The monoisotopic (exact) mass is 344 g/mol. The Morgan fingerprint density at radius 3 is 2.72 bits per heavy atom. The van der Waals surface area contributed by atoms with Gasteiger partial charge in [-0.1, -0.05) is 6.92 Å². The van der Waals surface area contributed by atoms with E-state index in [1.165, 1.54) is 4.57 Å². The highest BCUT2D eigenvalue weighted by Gasteiger charge is 2.24. The van der Waals surface area contributed by atoms with Gasteiger partial charge in [0.1, 0.15) is 5.52 Å². The Morgan fingerprint density at radius 2 is 2.04 bits per heavy atom. The molecule has 0 unspecified atom stereocenters. The van der Waals surface area contributed by atoms with E-state index in [9.17, 15) is 9.59 Å². The van der Waals surface area contributed by atoms with Crippen molar-refractivity contribution in [3.8, 4) is 0 Å². The highest BCUT2D eigenvalue weighted by Crippen LogP contribution is 2.14. The molecule has 0 saturated carbocycles. The van der Waals surface area contributed by atoms with Crippen LogP contribution in [-0.4, -0.2) is 57.7 Å². The molecule has 0 radical (unpaired) electrons. The van der Waals surface area contributed by atoms with Crippen LogP contribution < -0.4 is 15.8 Å². The maximum atomic E-state index is 12.6. The number of hydrogen-bond donors (Lipinski definition) is 1. The van der Waals surface area contributed by atoms with Gasteiger partial charge in [0.15, 0.2) is 11.5 Å². The zero-order valence-corrected chi connectivity index (χ0v) is 14.9. The molecule has 134 valence electrons. The summed E-state index contributed by atoms with van der Waals surface area (Å²) in [6.45, 7) is 6.34. The molecule has 8 heteroatoms. The summed E-state index contributed by atoms with van der Waals surface area (Å²) in [7, 11) is 1.71. The van der Waals surface area contributed by atoms with Gasteiger partial charge in [-0.3, -0.25) is 9.36 Å². The summed E-state index contributed by atoms with van der Waals surface area (Å²) in [4.78, 5) is 37.3. The summed E-state index contributed by atoms with van der Waals surface area (Å²) in [6.07, 6.45) is 2.55. The molecule has 1 saturated heterocycles. The molecule has 1 fully saturated rings. The minimum absolute atomic E-state index is 0.0439.